The largest absolute Gasteiger partial charge is 0.493 e. The predicted octanol–water partition coefficient (Wildman–Crippen LogP) is 4.45. The molecule has 1 fully saturated rings. The normalized spacial score (nSPS) is 14.6. The number of morpholine rings is 1. The van der Waals surface area contributed by atoms with Gasteiger partial charge >= 0.3 is 0 Å². The van der Waals surface area contributed by atoms with E-state index in [1.54, 1.807) is 31.3 Å². The number of benzene rings is 2. The zero-order chi connectivity index (χ0) is 23.2. The molecule has 4 rings (SSSR count). The second-order valence-electron chi connectivity index (χ2n) is 7.50. The lowest BCUT2D eigenvalue weighted by molar-refractivity contribution is -0.114. The van der Waals surface area contributed by atoms with Gasteiger partial charge in [0.05, 0.1) is 37.6 Å². The minimum atomic E-state index is -0.115. The van der Waals surface area contributed by atoms with Crippen LogP contribution in [0.2, 0.25) is 0 Å². The number of hydrogen-bond acceptors (Lipinski definition) is 7. The number of anilines is 1. The Morgan fingerprint density at radius 3 is 2.73 bits per heavy atom. The number of amides is 1. The van der Waals surface area contributed by atoms with E-state index >= 15 is 0 Å². The molecule has 0 atom stereocenters. The van der Waals surface area contributed by atoms with E-state index in [1.807, 2.05) is 36.4 Å². The second-order valence-corrected chi connectivity index (χ2v) is 9.42. The van der Waals surface area contributed by atoms with Crippen LogP contribution < -0.4 is 14.4 Å². The number of methoxy groups -OCH3 is 2. The molecule has 9 heteroatoms. The van der Waals surface area contributed by atoms with E-state index in [9.17, 15) is 4.79 Å². The number of nitrogens with zero attached hydrogens (tertiary/aromatic N) is 3. The Labute approximate surface area is 205 Å². The summed E-state index contributed by atoms with van der Waals surface area (Å²) in [6, 6.07) is 11.5. The van der Waals surface area contributed by atoms with Crippen LogP contribution in [0.15, 0.2) is 46.9 Å². The lowest BCUT2D eigenvalue weighted by Crippen LogP contribution is -2.42. The van der Waals surface area contributed by atoms with Gasteiger partial charge in [0, 0.05) is 36.7 Å². The first-order chi connectivity index (χ1) is 16.1. The summed E-state index contributed by atoms with van der Waals surface area (Å²) in [7, 11) is 3.19. The van der Waals surface area contributed by atoms with Crippen LogP contribution >= 0.6 is 27.3 Å². The van der Waals surface area contributed by atoms with Gasteiger partial charge in [-0.25, -0.2) is 4.98 Å². The highest BCUT2D eigenvalue weighted by atomic mass is 79.9. The molecule has 1 aromatic heterocycles. The Bertz CT molecular complexity index is 1140. The predicted molar refractivity (Wildman–Crippen MR) is 136 cm³/mol. The van der Waals surface area contributed by atoms with Crippen LogP contribution in [-0.4, -0.2) is 69.4 Å². The highest BCUT2D eigenvalue weighted by molar-refractivity contribution is 9.10. The monoisotopic (exact) mass is 531 g/mol. The summed E-state index contributed by atoms with van der Waals surface area (Å²) in [6.45, 7) is 4.51. The van der Waals surface area contributed by atoms with Crippen molar-refractivity contribution < 1.29 is 19.0 Å². The minimum Gasteiger partial charge on any atom is -0.493 e. The smallest absolute Gasteiger partial charge is 0.252 e. The first-order valence-corrected chi connectivity index (χ1v) is 12.3. The number of aromatic nitrogens is 1. The summed E-state index contributed by atoms with van der Waals surface area (Å²) in [5.41, 5.74) is 1.73. The van der Waals surface area contributed by atoms with Gasteiger partial charge in [0.2, 0.25) is 0 Å². The molecule has 1 aliphatic heterocycles. The maximum Gasteiger partial charge on any atom is 0.252 e. The Balaban J connectivity index is 1.57. The molecule has 1 aliphatic rings. The molecule has 7 nitrogen and oxygen atoms in total. The van der Waals surface area contributed by atoms with Crippen LogP contribution in [0.1, 0.15) is 5.56 Å². The summed E-state index contributed by atoms with van der Waals surface area (Å²) in [4.78, 5) is 22.1. The van der Waals surface area contributed by atoms with Crippen molar-refractivity contribution in [3.8, 4) is 11.5 Å². The van der Waals surface area contributed by atoms with Gasteiger partial charge in [0.15, 0.2) is 16.6 Å². The highest BCUT2D eigenvalue weighted by Crippen LogP contribution is 2.31. The average molecular weight is 532 g/mol. The number of hydrogen-bond donors (Lipinski definition) is 0. The van der Waals surface area contributed by atoms with E-state index in [-0.39, 0.29) is 5.91 Å². The molecule has 0 radical (unpaired) electrons. The Morgan fingerprint density at radius 2 is 1.97 bits per heavy atom. The van der Waals surface area contributed by atoms with Crippen LogP contribution in [0.25, 0.3) is 16.3 Å². The zero-order valence-electron chi connectivity index (χ0n) is 18.6. The van der Waals surface area contributed by atoms with Crippen LogP contribution in [-0.2, 0) is 9.53 Å². The number of halogens is 1. The molecule has 0 unspecified atom stereocenters. The maximum atomic E-state index is 13.3. The summed E-state index contributed by atoms with van der Waals surface area (Å²) in [5, 5.41) is 0.693. The number of carbonyl (C=O) groups excluding carboxylic acids is 1. The maximum absolute atomic E-state index is 13.3. The fourth-order valence-corrected chi connectivity index (χ4v) is 5.13. The fraction of sp³-hybridized carbons (Fsp3) is 0.333. The molecule has 0 bridgehead atoms. The van der Waals surface area contributed by atoms with Crippen molar-refractivity contribution in [3.63, 3.8) is 0 Å². The van der Waals surface area contributed by atoms with E-state index in [0.29, 0.717) is 23.2 Å². The Kier molecular flexibility index (Phi) is 7.97. The summed E-state index contributed by atoms with van der Waals surface area (Å²) in [6.07, 6.45) is 3.37. The number of ether oxygens (including phenoxy) is 3. The highest BCUT2D eigenvalue weighted by Gasteiger charge is 2.20. The van der Waals surface area contributed by atoms with Crippen molar-refractivity contribution in [1.29, 1.82) is 0 Å². The third kappa shape index (κ3) is 5.92. The third-order valence-electron chi connectivity index (χ3n) is 5.41. The molecule has 0 saturated carbocycles. The van der Waals surface area contributed by atoms with Crippen molar-refractivity contribution in [1.82, 2.24) is 9.88 Å². The number of carbonyl (C=O) groups is 1. The Morgan fingerprint density at radius 1 is 1.18 bits per heavy atom. The molecule has 0 N–H and O–H groups in total. The van der Waals surface area contributed by atoms with E-state index in [2.05, 4.69) is 20.8 Å². The first kappa shape index (κ1) is 23.7. The molecular formula is C24H26BrN3O4S. The van der Waals surface area contributed by atoms with Gasteiger partial charge in [0.25, 0.3) is 5.91 Å². The van der Waals surface area contributed by atoms with Crippen molar-refractivity contribution >= 4 is 54.6 Å². The molecule has 2 heterocycles. The quantitative estimate of drug-likeness (QED) is 0.400. The molecule has 3 aromatic rings. The van der Waals surface area contributed by atoms with Gasteiger partial charge < -0.3 is 14.2 Å². The minimum absolute atomic E-state index is 0.115. The standard InChI is InChI=1S/C24H26BrN3O4S/c1-30-20-7-3-17(15-21(20)31-2)4-8-23(29)28(10-9-27-11-13-32-14-12-27)24-26-19-6-5-18(25)16-22(19)33-24/h3-8,15-16H,9-14H2,1-2H3/b8-4+. The number of rotatable bonds is 8. The van der Waals surface area contributed by atoms with Crippen molar-refractivity contribution in [2.45, 2.75) is 0 Å². The van der Waals surface area contributed by atoms with Crippen molar-refractivity contribution in [3.05, 3.63) is 52.5 Å². The zero-order valence-corrected chi connectivity index (χ0v) is 21.0. The van der Waals surface area contributed by atoms with E-state index in [0.717, 1.165) is 53.1 Å². The molecule has 2 aromatic carbocycles. The van der Waals surface area contributed by atoms with Crippen LogP contribution in [0, 0.1) is 0 Å². The van der Waals surface area contributed by atoms with Crippen LogP contribution in [0.3, 0.4) is 0 Å². The Hall–Kier alpha value is -2.46. The van der Waals surface area contributed by atoms with Gasteiger partial charge in [0.1, 0.15) is 0 Å². The lowest BCUT2D eigenvalue weighted by Gasteiger charge is -2.28. The second kappa shape index (κ2) is 11.1. The summed E-state index contributed by atoms with van der Waals surface area (Å²) in [5.74, 6) is 1.15. The molecule has 174 valence electrons. The molecule has 1 amide bonds. The fourth-order valence-electron chi connectivity index (χ4n) is 3.58. The van der Waals surface area contributed by atoms with Gasteiger partial charge in [-0.1, -0.05) is 33.3 Å². The van der Waals surface area contributed by atoms with Gasteiger partial charge in [-0.15, -0.1) is 0 Å². The van der Waals surface area contributed by atoms with Crippen molar-refractivity contribution in [2.24, 2.45) is 0 Å². The molecule has 33 heavy (non-hydrogen) atoms. The first-order valence-electron chi connectivity index (χ1n) is 10.6. The van der Waals surface area contributed by atoms with E-state index < -0.39 is 0 Å². The van der Waals surface area contributed by atoms with Gasteiger partial charge in [-0.2, -0.15) is 0 Å². The molecule has 0 spiro atoms. The average Bonchev–Trinajstić information content (AvgIpc) is 3.26. The molecule has 1 saturated heterocycles. The topological polar surface area (TPSA) is 64.1 Å². The van der Waals surface area contributed by atoms with Crippen molar-refractivity contribution in [2.75, 3.05) is 58.5 Å². The van der Waals surface area contributed by atoms with Crippen LogP contribution in [0.4, 0.5) is 5.13 Å². The van der Waals surface area contributed by atoms with E-state index in [1.165, 1.54) is 11.3 Å². The molecule has 0 aliphatic carbocycles. The lowest BCUT2D eigenvalue weighted by atomic mass is 10.2. The number of fused-ring (bicyclic) bond motifs is 1. The molecular weight excluding hydrogens is 506 g/mol. The van der Waals surface area contributed by atoms with Crippen LogP contribution in [0.5, 0.6) is 11.5 Å². The van der Waals surface area contributed by atoms with Gasteiger partial charge in [-0.05, 0) is 42.0 Å². The summed E-state index contributed by atoms with van der Waals surface area (Å²) >= 11 is 5.03. The van der Waals surface area contributed by atoms with E-state index in [4.69, 9.17) is 19.2 Å². The SMILES string of the molecule is COc1ccc(/C=C/C(=O)N(CCN2CCOCC2)c2nc3ccc(Br)cc3s2)cc1OC. The number of thiazole rings is 1. The summed E-state index contributed by atoms with van der Waals surface area (Å²) < 4.78 is 18.1. The third-order valence-corrected chi connectivity index (χ3v) is 6.94. The van der Waals surface area contributed by atoms with Gasteiger partial charge in [-0.3, -0.25) is 14.6 Å².